The van der Waals surface area contributed by atoms with Gasteiger partial charge in [-0.1, -0.05) is 13.8 Å². The highest BCUT2D eigenvalue weighted by atomic mass is 32.1. The van der Waals surface area contributed by atoms with Crippen molar-refractivity contribution < 1.29 is 0 Å². The molecule has 0 spiro atoms. The second-order valence-electron chi connectivity index (χ2n) is 1.49. The van der Waals surface area contributed by atoms with Crippen LogP contribution in [0.4, 0.5) is 0 Å². The third kappa shape index (κ3) is 9.58. The lowest BCUT2D eigenvalue weighted by molar-refractivity contribution is 0.373. The number of rotatable bonds is 2. The summed E-state index contributed by atoms with van der Waals surface area (Å²) in [5.74, 6) is 0. The number of hydrogen-bond donors (Lipinski definition) is 1. The summed E-state index contributed by atoms with van der Waals surface area (Å²) in [6, 6.07) is 0. The van der Waals surface area contributed by atoms with Crippen LogP contribution in [0, 0.1) is 0 Å². The molecule has 0 amide bonds. The molecule has 8 heavy (non-hydrogen) atoms. The average molecular weight is 135 g/mol. The molecule has 2 heteroatoms. The maximum Gasteiger partial charge on any atom is -0.00504 e. The number of thiol groups is 1. The molecule has 0 atom stereocenters. The lowest BCUT2D eigenvalue weighted by Gasteiger charge is -2.07. The second-order valence-corrected chi connectivity index (χ2v) is 1.49. The van der Waals surface area contributed by atoms with Crippen LogP contribution in [0.5, 0.6) is 0 Å². The molecule has 0 unspecified atom stereocenters. The zero-order valence-corrected chi connectivity index (χ0v) is 7.20. The van der Waals surface area contributed by atoms with Gasteiger partial charge in [-0.25, -0.2) is 0 Å². The average Bonchev–Trinajstić information content (AvgIpc) is 1.91. The van der Waals surface area contributed by atoms with Gasteiger partial charge in [0.2, 0.25) is 0 Å². The molecule has 0 bridgehead atoms. The predicted molar refractivity (Wildman–Crippen MR) is 43.8 cm³/mol. The van der Waals surface area contributed by atoms with Gasteiger partial charge >= 0.3 is 0 Å². The van der Waals surface area contributed by atoms with Crippen molar-refractivity contribution in [2.24, 2.45) is 0 Å². The van der Waals surface area contributed by atoms with Crippen LogP contribution in [0.1, 0.15) is 13.8 Å². The second kappa shape index (κ2) is 10.3. The molecule has 0 aliphatic carbocycles. The Morgan fingerprint density at radius 1 is 1.12 bits per heavy atom. The fourth-order valence-corrected chi connectivity index (χ4v) is 0.224. The molecule has 0 aliphatic heterocycles. The summed E-state index contributed by atoms with van der Waals surface area (Å²) >= 11 is 3.53. The highest BCUT2D eigenvalue weighted by Crippen LogP contribution is 1.73. The maximum atomic E-state index is 3.53. The summed E-state index contributed by atoms with van der Waals surface area (Å²) in [4.78, 5) is 2.25. The first kappa shape index (κ1) is 11.2. The molecule has 0 aliphatic rings. The Hall–Kier alpha value is 0.310. The fraction of sp³-hybridized carbons (Fsp3) is 1.00. The monoisotopic (exact) mass is 135 g/mol. The van der Waals surface area contributed by atoms with Gasteiger partial charge in [0.15, 0.2) is 0 Å². The van der Waals surface area contributed by atoms with Crippen molar-refractivity contribution in [2.75, 3.05) is 26.4 Å². The van der Waals surface area contributed by atoms with Crippen LogP contribution in [0.2, 0.25) is 0 Å². The first-order valence-corrected chi connectivity index (χ1v) is 3.84. The Labute approximate surface area is 58.5 Å². The molecule has 0 aromatic rings. The minimum absolute atomic E-state index is 1.16. The molecule has 0 aromatic carbocycles. The minimum atomic E-state index is 1.16. The van der Waals surface area contributed by atoms with Crippen molar-refractivity contribution in [3.8, 4) is 0 Å². The van der Waals surface area contributed by atoms with Crippen molar-refractivity contribution >= 4 is 12.6 Å². The molecule has 1 nitrogen and oxygen atoms in total. The molecule has 0 N–H and O–H groups in total. The van der Waals surface area contributed by atoms with E-state index < -0.39 is 0 Å². The molecule has 0 radical (unpaired) electrons. The van der Waals surface area contributed by atoms with Gasteiger partial charge in [-0.3, -0.25) is 0 Å². The topological polar surface area (TPSA) is 3.24 Å². The van der Waals surface area contributed by atoms with Gasteiger partial charge in [0.05, 0.1) is 0 Å². The predicted octanol–water partition coefficient (Wildman–Crippen LogP) is 1.50. The Balaban J connectivity index is 0. The van der Waals surface area contributed by atoms with E-state index in [4.69, 9.17) is 0 Å². The van der Waals surface area contributed by atoms with Crippen LogP contribution < -0.4 is 0 Å². The lowest BCUT2D eigenvalue weighted by Crippen LogP contribution is -2.15. The zero-order valence-electron chi connectivity index (χ0n) is 6.31. The van der Waals surface area contributed by atoms with Crippen LogP contribution in [0.25, 0.3) is 0 Å². The standard InChI is InChI=1S/C5H13N.CH4S/c1-4-6(3)5-2;1-2/h4-5H2,1-3H3;2H,1H3. The zero-order chi connectivity index (χ0) is 6.99. The molecular weight excluding hydrogens is 118 g/mol. The van der Waals surface area contributed by atoms with Gasteiger partial charge < -0.3 is 4.90 Å². The van der Waals surface area contributed by atoms with Crippen molar-refractivity contribution in [3.05, 3.63) is 0 Å². The SMILES string of the molecule is CCN(C)CC.CS. The quantitative estimate of drug-likeness (QED) is 0.562. The maximum absolute atomic E-state index is 3.53. The van der Waals surface area contributed by atoms with E-state index in [1.807, 2.05) is 0 Å². The summed E-state index contributed by atoms with van der Waals surface area (Å²) in [5, 5.41) is 0. The molecular formula is C6H17NS. The summed E-state index contributed by atoms with van der Waals surface area (Å²) in [6.07, 6.45) is 1.69. The first-order chi connectivity index (χ1) is 3.81. The lowest BCUT2D eigenvalue weighted by atomic mass is 10.6. The molecule has 52 valence electrons. The third-order valence-corrected chi connectivity index (χ3v) is 1.08. The minimum Gasteiger partial charge on any atom is -0.307 e. The number of nitrogens with zero attached hydrogens (tertiary/aromatic N) is 1. The van der Waals surface area contributed by atoms with Crippen LogP contribution in [0.15, 0.2) is 0 Å². The van der Waals surface area contributed by atoms with E-state index in [0.717, 1.165) is 13.1 Å². The van der Waals surface area contributed by atoms with Gasteiger partial charge in [-0.15, -0.1) is 0 Å². The molecule has 0 saturated carbocycles. The van der Waals surface area contributed by atoms with E-state index in [0.29, 0.717) is 0 Å². The Morgan fingerprint density at radius 3 is 1.38 bits per heavy atom. The van der Waals surface area contributed by atoms with Gasteiger partial charge in [0.1, 0.15) is 0 Å². The Bertz CT molecular complexity index is 27.7. The third-order valence-electron chi connectivity index (χ3n) is 1.08. The van der Waals surface area contributed by atoms with Crippen LogP contribution in [-0.4, -0.2) is 31.3 Å². The number of hydrogen-bond acceptors (Lipinski definition) is 2. The Kier molecular flexibility index (Phi) is 14.4. The Morgan fingerprint density at radius 2 is 1.38 bits per heavy atom. The molecule has 0 fully saturated rings. The van der Waals surface area contributed by atoms with Gasteiger partial charge in [-0.05, 0) is 26.4 Å². The van der Waals surface area contributed by atoms with Gasteiger partial charge in [-0.2, -0.15) is 12.6 Å². The van der Waals surface area contributed by atoms with E-state index >= 15 is 0 Å². The molecule has 0 heterocycles. The van der Waals surface area contributed by atoms with Crippen molar-refractivity contribution in [1.82, 2.24) is 4.90 Å². The highest BCUT2D eigenvalue weighted by Gasteiger charge is 1.81. The van der Waals surface area contributed by atoms with E-state index in [1.54, 1.807) is 6.26 Å². The summed E-state index contributed by atoms with van der Waals surface area (Å²) in [6.45, 7) is 6.64. The van der Waals surface area contributed by atoms with Crippen molar-refractivity contribution in [1.29, 1.82) is 0 Å². The first-order valence-electron chi connectivity index (χ1n) is 2.94. The van der Waals surface area contributed by atoms with Gasteiger partial charge in [0, 0.05) is 0 Å². The largest absolute Gasteiger partial charge is 0.307 e. The fourth-order valence-electron chi connectivity index (χ4n) is 0.224. The van der Waals surface area contributed by atoms with Crippen molar-refractivity contribution in [3.63, 3.8) is 0 Å². The highest BCUT2D eigenvalue weighted by molar-refractivity contribution is 7.79. The normalized spacial score (nSPS) is 8.25. The van der Waals surface area contributed by atoms with Crippen LogP contribution in [-0.2, 0) is 0 Å². The van der Waals surface area contributed by atoms with E-state index in [-0.39, 0.29) is 0 Å². The van der Waals surface area contributed by atoms with E-state index in [9.17, 15) is 0 Å². The van der Waals surface area contributed by atoms with Crippen LogP contribution >= 0.6 is 12.6 Å². The molecule has 0 saturated heterocycles. The molecule has 0 rings (SSSR count). The van der Waals surface area contributed by atoms with Crippen molar-refractivity contribution in [2.45, 2.75) is 13.8 Å². The van der Waals surface area contributed by atoms with E-state index in [1.165, 1.54) is 0 Å². The molecule has 0 aromatic heterocycles. The summed E-state index contributed by atoms with van der Waals surface area (Å²) in [5.41, 5.74) is 0. The smallest absolute Gasteiger partial charge is 0.00504 e. The van der Waals surface area contributed by atoms with E-state index in [2.05, 4.69) is 38.4 Å². The van der Waals surface area contributed by atoms with Crippen LogP contribution in [0.3, 0.4) is 0 Å². The summed E-state index contributed by atoms with van der Waals surface area (Å²) in [7, 11) is 2.11. The summed E-state index contributed by atoms with van der Waals surface area (Å²) < 4.78 is 0. The van der Waals surface area contributed by atoms with Gasteiger partial charge in [0.25, 0.3) is 0 Å².